The minimum Gasteiger partial charge on any atom is -0.337 e. The second kappa shape index (κ2) is 4.84. The molecule has 1 aromatic heterocycles. The highest BCUT2D eigenvalue weighted by atomic mass is 19.1. The van der Waals surface area contributed by atoms with E-state index in [4.69, 9.17) is 5.26 Å². The summed E-state index contributed by atoms with van der Waals surface area (Å²) in [6, 6.07) is 8.68. The van der Waals surface area contributed by atoms with Crippen LogP contribution in [-0.4, -0.2) is 4.98 Å². The zero-order chi connectivity index (χ0) is 13.1. The Labute approximate surface area is 105 Å². The van der Waals surface area contributed by atoms with Crippen LogP contribution in [0.25, 0.3) is 0 Å². The van der Waals surface area contributed by atoms with E-state index in [-0.39, 0.29) is 5.82 Å². The summed E-state index contributed by atoms with van der Waals surface area (Å²) in [6.07, 6.45) is 1.59. The Morgan fingerprint density at radius 2 is 2.06 bits per heavy atom. The fourth-order valence-electron chi connectivity index (χ4n) is 1.64. The predicted octanol–water partition coefficient (Wildman–Crippen LogP) is 3.45. The molecule has 0 spiro atoms. The van der Waals surface area contributed by atoms with Crippen molar-refractivity contribution < 1.29 is 4.39 Å². The van der Waals surface area contributed by atoms with Crippen molar-refractivity contribution in [1.82, 2.24) is 4.98 Å². The SMILES string of the molecule is Cc1ccc(Nc2nccc(C)c2C#N)c(F)c1. The highest BCUT2D eigenvalue weighted by Crippen LogP contribution is 2.23. The third-order valence-corrected chi connectivity index (χ3v) is 2.65. The molecule has 3 nitrogen and oxygen atoms in total. The van der Waals surface area contributed by atoms with Crippen LogP contribution < -0.4 is 5.32 Å². The molecule has 4 heteroatoms. The van der Waals surface area contributed by atoms with Gasteiger partial charge in [0.05, 0.1) is 11.3 Å². The number of hydrogen-bond acceptors (Lipinski definition) is 3. The van der Waals surface area contributed by atoms with Crippen LogP contribution in [0.5, 0.6) is 0 Å². The lowest BCUT2D eigenvalue weighted by molar-refractivity contribution is 0.630. The van der Waals surface area contributed by atoms with Gasteiger partial charge in [0.2, 0.25) is 0 Å². The Morgan fingerprint density at radius 1 is 1.28 bits per heavy atom. The molecule has 0 aliphatic heterocycles. The quantitative estimate of drug-likeness (QED) is 0.876. The first-order valence-corrected chi connectivity index (χ1v) is 5.50. The highest BCUT2D eigenvalue weighted by molar-refractivity contribution is 5.64. The summed E-state index contributed by atoms with van der Waals surface area (Å²) in [5.41, 5.74) is 2.39. The van der Waals surface area contributed by atoms with E-state index in [0.717, 1.165) is 11.1 Å². The van der Waals surface area contributed by atoms with Crippen LogP contribution in [0, 0.1) is 31.0 Å². The van der Waals surface area contributed by atoms with Gasteiger partial charge in [-0.05, 0) is 43.2 Å². The molecule has 0 fully saturated rings. The van der Waals surface area contributed by atoms with Gasteiger partial charge in [0.1, 0.15) is 17.7 Å². The average Bonchev–Trinajstić information content (AvgIpc) is 2.33. The molecule has 0 saturated heterocycles. The van der Waals surface area contributed by atoms with Gasteiger partial charge in [0.25, 0.3) is 0 Å². The van der Waals surface area contributed by atoms with Crippen molar-refractivity contribution in [2.45, 2.75) is 13.8 Å². The van der Waals surface area contributed by atoms with Gasteiger partial charge in [-0.2, -0.15) is 5.26 Å². The molecule has 0 radical (unpaired) electrons. The van der Waals surface area contributed by atoms with E-state index in [1.165, 1.54) is 6.07 Å². The third-order valence-electron chi connectivity index (χ3n) is 2.65. The number of halogens is 1. The molecule has 0 saturated carbocycles. The van der Waals surface area contributed by atoms with Gasteiger partial charge in [0.15, 0.2) is 0 Å². The van der Waals surface area contributed by atoms with Crippen LogP contribution in [0.15, 0.2) is 30.5 Å². The van der Waals surface area contributed by atoms with Crippen LogP contribution in [-0.2, 0) is 0 Å². The molecule has 1 aromatic carbocycles. The van der Waals surface area contributed by atoms with E-state index < -0.39 is 0 Å². The number of aryl methyl sites for hydroxylation is 2. The van der Waals surface area contributed by atoms with Crippen molar-refractivity contribution in [3.63, 3.8) is 0 Å². The number of nitrogens with one attached hydrogen (secondary N) is 1. The number of aromatic nitrogens is 1. The summed E-state index contributed by atoms with van der Waals surface area (Å²) in [6.45, 7) is 3.63. The van der Waals surface area contributed by atoms with E-state index >= 15 is 0 Å². The average molecular weight is 241 g/mol. The Balaban J connectivity index is 2.41. The largest absolute Gasteiger partial charge is 0.337 e. The molecule has 1 N–H and O–H groups in total. The van der Waals surface area contributed by atoms with Gasteiger partial charge in [-0.3, -0.25) is 0 Å². The predicted molar refractivity (Wildman–Crippen MR) is 68.1 cm³/mol. The lowest BCUT2D eigenvalue weighted by Crippen LogP contribution is -2.00. The maximum Gasteiger partial charge on any atom is 0.148 e. The lowest BCUT2D eigenvalue weighted by atomic mass is 10.1. The summed E-state index contributed by atoms with van der Waals surface area (Å²) in [4.78, 5) is 4.07. The van der Waals surface area contributed by atoms with Crippen molar-refractivity contribution in [3.05, 3.63) is 53.0 Å². The monoisotopic (exact) mass is 241 g/mol. The van der Waals surface area contributed by atoms with Gasteiger partial charge in [-0.25, -0.2) is 9.37 Å². The fourth-order valence-corrected chi connectivity index (χ4v) is 1.64. The first-order chi connectivity index (χ1) is 8.61. The lowest BCUT2D eigenvalue weighted by Gasteiger charge is -2.09. The van der Waals surface area contributed by atoms with Gasteiger partial charge in [0, 0.05) is 6.20 Å². The van der Waals surface area contributed by atoms with Crippen LogP contribution in [0.4, 0.5) is 15.9 Å². The minimum atomic E-state index is -0.359. The van der Waals surface area contributed by atoms with Crippen LogP contribution in [0.1, 0.15) is 16.7 Å². The normalized spacial score (nSPS) is 9.89. The fraction of sp³-hybridized carbons (Fsp3) is 0.143. The molecule has 18 heavy (non-hydrogen) atoms. The van der Waals surface area contributed by atoms with E-state index in [1.807, 2.05) is 13.8 Å². The van der Waals surface area contributed by atoms with Crippen molar-refractivity contribution in [2.75, 3.05) is 5.32 Å². The van der Waals surface area contributed by atoms with Gasteiger partial charge in [-0.1, -0.05) is 6.07 Å². The van der Waals surface area contributed by atoms with Crippen LogP contribution >= 0.6 is 0 Å². The number of nitriles is 1. The topological polar surface area (TPSA) is 48.7 Å². The molecule has 0 atom stereocenters. The summed E-state index contributed by atoms with van der Waals surface area (Å²) in [5.74, 6) is 0.0162. The smallest absolute Gasteiger partial charge is 0.148 e. The van der Waals surface area contributed by atoms with E-state index in [9.17, 15) is 4.39 Å². The molecule has 0 aliphatic carbocycles. The molecule has 2 aromatic rings. The summed E-state index contributed by atoms with van der Waals surface area (Å²) in [5, 5.41) is 11.9. The van der Waals surface area contributed by atoms with Gasteiger partial charge < -0.3 is 5.32 Å². The minimum absolute atomic E-state index is 0.315. The Hall–Kier alpha value is -2.41. The number of anilines is 2. The molecule has 90 valence electrons. The number of hydrogen-bond donors (Lipinski definition) is 1. The van der Waals surface area contributed by atoms with Crippen molar-refractivity contribution >= 4 is 11.5 Å². The number of nitrogens with zero attached hydrogens (tertiary/aromatic N) is 2. The maximum absolute atomic E-state index is 13.7. The van der Waals surface area contributed by atoms with Crippen molar-refractivity contribution in [2.24, 2.45) is 0 Å². The number of benzene rings is 1. The molecule has 0 unspecified atom stereocenters. The molecular formula is C14H12FN3. The standard InChI is InChI=1S/C14H12FN3/c1-9-3-4-13(12(15)7-9)18-14-11(8-16)10(2)5-6-17-14/h3-7H,1-2H3,(H,17,18). The molecular weight excluding hydrogens is 229 g/mol. The highest BCUT2D eigenvalue weighted by Gasteiger charge is 2.09. The first kappa shape index (κ1) is 12.1. The zero-order valence-corrected chi connectivity index (χ0v) is 10.2. The molecule has 0 bridgehead atoms. The molecule has 0 amide bonds. The van der Waals surface area contributed by atoms with Crippen molar-refractivity contribution in [1.29, 1.82) is 5.26 Å². The second-order valence-corrected chi connectivity index (χ2v) is 4.07. The van der Waals surface area contributed by atoms with Crippen molar-refractivity contribution in [3.8, 4) is 6.07 Å². The molecule has 1 heterocycles. The third kappa shape index (κ3) is 2.30. The molecule has 2 rings (SSSR count). The Kier molecular flexibility index (Phi) is 3.24. The Bertz CT molecular complexity index is 629. The first-order valence-electron chi connectivity index (χ1n) is 5.50. The second-order valence-electron chi connectivity index (χ2n) is 4.07. The maximum atomic E-state index is 13.7. The van der Waals surface area contributed by atoms with Gasteiger partial charge >= 0.3 is 0 Å². The Morgan fingerprint density at radius 3 is 2.72 bits per heavy atom. The van der Waals surface area contributed by atoms with Crippen LogP contribution in [0.3, 0.4) is 0 Å². The van der Waals surface area contributed by atoms with Crippen LogP contribution in [0.2, 0.25) is 0 Å². The molecule has 0 aliphatic rings. The van der Waals surface area contributed by atoms with E-state index in [1.54, 1.807) is 24.4 Å². The van der Waals surface area contributed by atoms with E-state index in [2.05, 4.69) is 16.4 Å². The van der Waals surface area contributed by atoms with Gasteiger partial charge in [-0.15, -0.1) is 0 Å². The number of pyridine rings is 1. The number of rotatable bonds is 2. The zero-order valence-electron chi connectivity index (χ0n) is 10.2. The summed E-state index contributed by atoms with van der Waals surface area (Å²) >= 11 is 0. The summed E-state index contributed by atoms with van der Waals surface area (Å²) in [7, 11) is 0. The van der Waals surface area contributed by atoms with E-state index in [0.29, 0.717) is 17.1 Å². The summed E-state index contributed by atoms with van der Waals surface area (Å²) < 4.78 is 13.7.